The van der Waals surface area contributed by atoms with E-state index in [2.05, 4.69) is 10.2 Å². The molecular weight excluding hydrogens is 277 g/mol. The summed E-state index contributed by atoms with van der Waals surface area (Å²) in [5.41, 5.74) is -0.201. The molecule has 1 aromatic carbocycles. The normalized spacial score (nSPS) is 13.8. The molecule has 0 amide bonds. The first kappa shape index (κ1) is 13.5. The van der Waals surface area contributed by atoms with Crippen molar-refractivity contribution in [2.45, 2.75) is 32.4 Å². The van der Waals surface area contributed by atoms with Crippen LogP contribution < -0.4 is 4.74 Å². The Bertz CT molecular complexity index is 684. The number of rotatable bonds is 4. The highest BCUT2D eigenvalue weighted by Crippen LogP contribution is 2.24. The number of carbonyl (C=O) groups is 1. The maximum absolute atomic E-state index is 13.7. The smallest absolute Gasteiger partial charge is 0.339 e. The lowest BCUT2D eigenvalue weighted by molar-refractivity contribution is 0.0690. The van der Waals surface area contributed by atoms with E-state index < -0.39 is 11.8 Å². The van der Waals surface area contributed by atoms with Gasteiger partial charge in [0.25, 0.3) is 0 Å². The maximum Gasteiger partial charge on any atom is 0.339 e. The van der Waals surface area contributed by atoms with Crippen molar-refractivity contribution >= 4 is 5.97 Å². The average molecular weight is 291 g/mol. The molecule has 0 radical (unpaired) electrons. The first-order valence-corrected chi connectivity index (χ1v) is 6.72. The number of hydrogen-bond acceptors (Lipinski definition) is 4. The molecule has 1 N–H and O–H groups in total. The molecule has 2 aromatic rings. The monoisotopic (exact) mass is 291 g/mol. The van der Waals surface area contributed by atoms with Crippen molar-refractivity contribution in [2.75, 3.05) is 0 Å². The Hall–Kier alpha value is -2.44. The first-order valence-electron chi connectivity index (χ1n) is 6.72. The average Bonchev–Trinajstić information content (AvgIpc) is 2.89. The first-order chi connectivity index (χ1) is 10.2. The number of para-hydroxylation sites is 1. The molecule has 3 rings (SSSR count). The van der Waals surface area contributed by atoms with Crippen LogP contribution in [-0.4, -0.2) is 25.8 Å². The zero-order valence-electron chi connectivity index (χ0n) is 11.3. The number of carboxylic acids is 1. The summed E-state index contributed by atoms with van der Waals surface area (Å²) in [6.45, 7) is 0.804. The van der Waals surface area contributed by atoms with Gasteiger partial charge in [0.1, 0.15) is 18.0 Å². The third-order valence-corrected chi connectivity index (χ3v) is 3.48. The molecule has 0 atom stereocenters. The number of aryl methyl sites for hydroxylation is 1. The highest BCUT2D eigenvalue weighted by atomic mass is 19.1. The molecule has 0 fully saturated rings. The summed E-state index contributed by atoms with van der Waals surface area (Å²) >= 11 is 0. The van der Waals surface area contributed by atoms with E-state index in [4.69, 9.17) is 9.84 Å². The summed E-state index contributed by atoms with van der Waals surface area (Å²) in [6.07, 6.45) is 2.99. The molecule has 0 unspecified atom stereocenters. The van der Waals surface area contributed by atoms with Crippen molar-refractivity contribution < 1.29 is 19.0 Å². The Balaban J connectivity index is 1.82. The fourth-order valence-corrected chi connectivity index (χ4v) is 2.44. The van der Waals surface area contributed by atoms with Gasteiger partial charge in [-0.2, -0.15) is 0 Å². The summed E-state index contributed by atoms with van der Waals surface area (Å²) in [4.78, 5) is 11.1. The number of nitrogens with zero attached hydrogens (tertiary/aromatic N) is 3. The highest BCUT2D eigenvalue weighted by molar-refractivity contribution is 5.90. The molecule has 7 heteroatoms. The Morgan fingerprint density at radius 3 is 3.05 bits per heavy atom. The van der Waals surface area contributed by atoms with Crippen LogP contribution in [0.4, 0.5) is 4.39 Å². The van der Waals surface area contributed by atoms with Crippen LogP contribution in [0.5, 0.6) is 5.75 Å². The predicted molar refractivity (Wildman–Crippen MR) is 70.7 cm³/mol. The van der Waals surface area contributed by atoms with E-state index in [9.17, 15) is 9.18 Å². The Morgan fingerprint density at radius 2 is 2.24 bits per heavy atom. The topological polar surface area (TPSA) is 77.2 Å². The van der Waals surface area contributed by atoms with Crippen molar-refractivity contribution in [1.29, 1.82) is 0 Å². The van der Waals surface area contributed by atoms with E-state index in [1.54, 1.807) is 0 Å². The van der Waals surface area contributed by atoms with E-state index in [1.807, 2.05) is 4.57 Å². The molecular formula is C14H14FN3O3. The van der Waals surface area contributed by atoms with E-state index in [-0.39, 0.29) is 17.9 Å². The molecule has 21 heavy (non-hydrogen) atoms. The summed E-state index contributed by atoms with van der Waals surface area (Å²) in [5, 5.41) is 17.2. The van der Waals surface area contributed by atoms with Gasteiger partial charge >= 0.3 is 5.97 Å². The van der Waals surface area contributed by atoms with Crippen LogP contribution in [0, 0.1) is 5.82 Å². The van der Waals surface area contributed by atoms with Gasteiger partial charge in [-0.3, -0.25) is 0 Å². The minimum Gasteiger partial charge on any atom is -0.482 e. The van der Waals surface area contributed by atoms with E-state index in [0.717, 1.165) is 31.6 Å². The Labute approximate surface area is 120 Å². The SMILES string of the molecule is O=C(O)c1cccc(F)c1OCc1nnc2n1CCCC2. The third-order valence-electron chi connectivity index (χ3n) is 3.48. The van der Waals surface area contributed by atoms with Gasteiger partial charge in [-0.15, -0.1) is 10.2 Å². The third kappa shape index (κ3) is 2.58. The molecule has 0 spiro atoms. The fraction of sp³-hybridized carbons (Fsp3) is 0.357. The van der Waals surface area contributed by atoms with Crippen LogP contribution in [-0.2, 0) is 19.6 Å². The van der Waals surface area contributed by atoms with Gasteiger partial charge in [0.2, 0.25) is 0 Å². The largest absolute Gasteiger partial charge is 0.482 e. The minimum absolute atomic E-state index is 0.00574. The van der Waals surface area contributed by atoms with E-state index in [0.29, 0.717) is 5.82 Å². The molecule has 1 aliphatic heterocycles. The van der Waals surface area contributed by atoms with Gasteiger partial charge in [-0.25, -0.2) is 9.18 Å². The summed E-state index contributed by atoms with van der Waals surface area (Å²) in [6, 6.07) is 3.81. The van der Waals surface area contributed by atoms with Crippen molar-refractivity contribution in [3.05, 3.63) is 41.2 Å². The number of benzene rings is 1. The van der Waals surface area contributed by atoms with E-state index in [1.165, 1.54) is 18.2 Å². The number of hydrogen-bond donors (Lipinski definition) is 1. The molecule has 0 bridgehead atoms. The Morgan fingerprint density at radius 1 is 1.38 bits per heavy atom. The number of carboxylic acid groups (broad SMARTS) is 1. The molecule has 0 saturated carbocycles. The molecule has 2 heterocycles. The fourth-order valence-electron chi connectivity index (χ4n) is 2.44. The molecule has 0 saturated heterocycles. The second kappa shape index (κ2) is 5.51. The van der Waals surface area contributed by atoms with Gasteiger partial charge in [-0.05, 0) is 25.0 Å². The van der Waals surface area contributed by atoms with Gasteiger partial charge in [0, 0.05) is 13.0 Å². The van der Waals surface area contributed by atoms with Crippen molar-refractivity contribution in [3.63, 3.8) is 0 Å². The van der Waals surface area contributed by atoms with Gasteiger partial charge in [-0.1, -0.05) is 6.07 Å². The molecule has 1 aliphatic rings. The lowest BCUT2D eigenvalue weighted by Crippen LogP contribution is -2.15. The lowest BCUT2D eigenvalue weighted by atomic mass is 10.2. The summed E-state index contributed by atoms with van der Waals surface area (Å²) < 4.78 is 21.1. The number of halogens is 1. The standard InChI is InChI=1S/C14H14FN3O3/c15-10-5-3-4-9(14(19)20)13(10)21-8-12-17-16-11-6-1-2-7-18(11)12/h3-5H,1-2,6-8H2,(H,19,20). The predicted octanol–water partition coefficient (Wildman–Crippen LogP) is 2.03. The number of aromatic carboxylic acids is 1. The van der Waals surface area contributed by atoms with E-state index >= 15 is 0 Å². The van der Waals surface area contributed by atoms with Crippen molar-refractivity contribution in [3.8, 4) is 5.75 Å². The van der Waals surface area contributed by atoms with Gasteiger partial charge in [0.15, 0.2) is 17.4 Å². The second-order valence-corrected chi connectivity index (χ2v) is 4.85. The van der Waals surface area contributed by atoms with Crippen LogP contribution in [0.2, 0.25) is 0 Å². The quantitative estimate of drug-likeness (QED) is 0.932. The maximum atomic E-state index is 13.7. The van der Waals surface area contributed by atoms with Crippen LogP contribution in [0.15, 0.2) is 18.2 Å². The molecule has 1 aromatic heterocycles. The van der Waals surface area contributed by atoms with Gasteiger partial charge < -0.3 is 14.4 Å². The molecule has 6 nitrogen and oxygen atoms in total. The van der Waals surface area contributed by atoms with Crippen molar-refractivity contribution in [1.82, 2.24) is 14.8 Å². The van der Waals surface area contributed by atoms with Crippen LogP contribution in [0.25, 0.3) is 0 Å². The summed E-state index contributed by atoms with van der Waals surface area (Å²) in [7, 11) is 0. The lowest BCUT2D eigenvalue weighted by Gasteiger charge is -2.15. The van der Waals surface area contributed by atoms with Crippen molar-refractivity contribution in [2.24, 2.45) is 0 Å². The van der Waals surface area contributed by atoms with Crippen LogP contribution in [0.3, 0.4) is 0 Å². The number of fused-ring (bicyclic) bond motifs is 1. The highest BCUT2D eigenvalue weighted by Gasteiger charge is 2.19. The number of ether oxygens (including phenoxy) is 1. The number of aromatic nitrogens is 3. The zero-order valence-corrected chi connectivity index (χ0v) is 11.3. The van der Waals surface area contributed by atoms with Gasteiger partial charge in [0.05, 0.1) is 0 Å². The minimum atomic E-state index is -1.23. The van der Waals surface area contributed by atoms with Crippen LogP contribution in [0.1, 0.15) is 34.8 Å². The molecule has 0 aliphatic carbocycles. The zero-order chi connectivity index (χ0) is 14.8. The van der Waals surface area contributed by atoms with Crippen LogP contribution >= 0.6 is 0 Å². The summed E-state index contributed by atoms with van der Waals surface area (Å²) in [5.74, 6) is -0.713. The second-order valence-electron chi connectivity index (χ2n) is 4.85. The molecule has 110 valence electrons. The Kier molecular flexibility index (Phi) is 3.55.